The van der Waals surface area contributed by atoms with Crippen molar-refractivity contribution in [3.8, 4) is 23.2 Å². The number of halogens is 1. The molecule has 1 aliphatic heterocycles. The van der Waals surface area contributed by atoms with Gasteiger partial charge < -0.3 is 14.5 Å². The molecule has 2 aromatic heterocycles. The molecule has 5 rings (SSSR count). The van der Waals surface area contributed by atoms with E-state index in [9.17, 15) is 14.4 Å². The lowest BCUT2D eigenvalue weighted by molar-refractivity contribution is -0.106. The molecule has 1 fully saturated rings. The number of ether oxygens (including phenoxy) is 1. The molecular weight excluding hydrogens is 537 g/mol. The monoisotopic (exact) mass is 569 g/mol. The highest BCUT2D eigenvalue weighted by Gasteiger charge is 2.21. The first-order valence-electron chi connectivity index (χ1n) is 13.6. The SMILES string of the molecule is C[C@@H](c1cccc(-c2ncc(OCC3CCN(C)CC3)cn2)c1)N(C)c1sc2ccc(C#N)cc2c1/C=C(/F)C=O. The molecule has 0 unspecified atom stereocenters. The minimum absolute atomic E-state index is 0.0953. The number of nitrogens with zero attached hydrogens (tertiary/aromatic N) is 5. The van der Waals surface area contributed by atoms with Gasteiger partial charge in [-0.2, -0.15) is 5.26 Å². The van der Waals surface area contributed by atoms with Crippen LogP contribution in [0, 0.1) is 17.2 Å². The fourth-order valence-electron chi connectivity index (χ4n) is 5.07. The quantitative estimate of drug-likeness (QED) is 0.165. The van der Waals surface area contributed by atoms with Crippen molar-refractivity contribution in [2.75, 3.05) is 38.7 Å². The molecule has 2 aromatic carbocycles. The zero-order valence-corrected chi connectivity index (χ0v) is 24.2. The van der Waals surface area contributed by atoms with E-state index in [2.05, 4.69) is 45.9 Å². The summed E-state index contributed by atoms with van der Waals surface area (Å²) in [4.78, 5) is 24.6. The summed E-state index contributed by atoms with van der Waals surface area (Å²) < 4.78 is 21.1. The largest absolute Gasteiger partial charge is 0.490 e. The summed E-state index contributed by atoms with van der Waals surface area (Å²) >= 11 is 1.49. The Morgan fingerprint density at radius 1 is 1.24 bits per heavy atom. The predicted molar refractivity (Wildman–Crippen MR) is 162 cm³/mol. The van der Waals surface area contributed by atoms with Crippen LogP contribution in [0.3, 0.4) is 0 Å². The summed E-state index contributed by atoms with van der Waals surface area (Å²) in [5.74, 6) is 0.967. The molecular formula is C32H32FN5O2S. The summed E-state index contributed by atoms with van der Waals surface area (Å²) in [6, 6.07) is 15.4. The first-order valence-corrected chi connectivity index (χ1v) is 14.4. The van der Waals surface area contributed by atoms with Crippen molar-refractivity contribution in [1.29, 1.82) is 5.26 Å². The van der Waals surface area contributed by atoms with Gasteiger partial charge in [0.15, 0.2) is 23.7 Å². The lowest BCUT2D eigenvalue weighted by Crippen LogP contribution is -2.32. The van der Waals surface area contributed by atoms with E-state index >= 15 is 0 Å². The molecule has 9 heteroatoms. The molecule has 3 heterocycles. The molecule has 0 N–H and O–H groups in total. The number of likely N-dealkylation sites (tertiary alicyclic amines) is 1. The van der Waals surface area contributed by atoms with Crippen LogP contribution in [0.25, 0.3) is 27.6 Å². The number of fused-ring (bicyclic) bond motifs is 1. The Bertz CT molecular complexity index is 1600. The van der Waals surface area contributed by atoms with Gasteiger partial charge in [-0.25, -0.2) is 14.4 Å². The highest BCUT2D eigenvalue weighted by molar-refractivity contribution is 7.23. The van der Waals surface area contributed by atoms with E-state index in [4.69, 9.17) is 4.74 Å². The number of rotatable bonds is 9. The van der Waals surface area contributed by atoms with E-state index in [1.54, 1.807) is 24.5 Å². The van der Waals surface area contributed by atoms with E-state index in [-0.39, 0.29) is 12.3 Å². The van der Waals surface area contributed by atoms with Gasteiger partial charge in [0.1, 0.15) is 0 Å². The van der Waals surface area contributed by atoms with Crippen LogP contribution >= 0.6 is 11.3 Å². The fourth-order valence-corrected chi connectivity index (χ4v) is 6.27. The summed E-state index contributed by atoms with van der Waals surface area (Å²) in [5.41, 5.74) is 2.96. The highest BCUT2D eigenvalue weighted by Crippen LogP contribution is 2.42. The van der Waals surface area contributed by atoms with Crippen molar-refractivity contribution in [1.82, 2.24) is 14.9 Å². The average molecular weight is 570 g/mol. The minimum Gasteiger partial charge on any atom is -0.490 e. The summed E-state index contributed by atoms with van der Waals surface area (Å²) in [6.45, 7) is 4.95. The number of nitriles is 1. The first-order chi connectivity index (χ1) is 19.9. The van der Waals surface area contributed by atoms with Crippen molar-refractivity contribution < 1.29 is 13.9 Å². The van der Waals surface area contributed by atoms with Crippen LogP contribution in [0.4, 0.5) is 9.39 Å². The number of aromatic nitrogens is 2. The van der Waals surface area contributed by atoms with Gasteiger partial charge in [-0.05, 0) is 81.7 Å². The Kier molecular flexibility index (Phi) is 8.72. The minimum atomic E-state index is -0.868. The van der Waals surface area contributed by atoms with Gasteiger partial charge in [-0.15, -0.1) is 11.3 Å². The zero-order chi connectivity index (χ0) is 28.9. The third-order valence-corrected chi connectivity index (χ3v) is 8.99. The Morgan fingerprint density at radius 2 is 2.00 bits per heavy atom. The standard InChI is InChI=1S/C32H32FN5O2S/c1-21(38(3)32-29(15-26(33)19-39)28-13-23(16-34)7-8-30(28)41-32)24-5-4-6-25(14-24)31-35-17-27(18-36-31)40-20-22-9-11-37(2)12-10-22/h4-8,13-15,17-19,21-22H,9-12,20H2,1-3H3/b26-15+/t21-/m0/s1. The summed E-state index contributed by atoms with van der Waals surface area (Å²) in [7, 11) is 4.09. The van der Waals surface area contributed by atoms with Gasteiger partial charge in [-0.3, -0.25) is 4.79 Å². The molecule has 1 saturated heterocycles. The van der Waals surface area contributed by atoms with Gasteiger partial charge in [0.2, 0.25) is 0 Å². The second-order valence-corrected chi connectivity index (χ2v) is 11.5. The number of carbonyl (C=O) groups is 1. The topological polar surface area (TPSA) is 82.3 Å². The first kappa shape index (κ1) is 28.4. The number of piperidine rings is 1. The van der Waals surface area contributed by atoms with Gasteiger partial charge in [0, 0.05) is 28.3 Å². The molecule has 7 nitrogen and oxygen atoms in total. The van der Waals surface area contributed by atoms with Crippen LogP contribution in [0.1, 0.15) is 42.5 Å². The molecule has 4 aromatic rings. The van der Waals surface area contributed by atoms with Crippen molar-refractivity contribution in [3.05, 3.63) is 77.4 Å². The Hall–Kier alpha value is -4.13. The van der Waals surface area contributed by atoms with Gasteiger partial charge >= 0.3 is 0 Å². The second-order valence-electron chi connectivity index (χ2n) is 10.5. The molecule has 210 valence electrons. The number of carbonyl (C=O) groups excluding carboxylic acids is 1. The maximum absolute atomic E-state index is 14.2. The normalized spacial score (nSPS) is 15.4. The lowest BCUT2D eigenvalue weighted by Gasteiger charge is -2.28. The second kappa shape index (κ2) is 12.6. The number of hydrogen-bond donors (Lipinski definition) is 0. The molecule has 0 radical (unpaired) electrons. The van der Waals surface area contributed by atoms with Crippen LogP contribution in [0.15, 0.2) is 60.7 Å². The number of anilines is 1. The van der Waals surface area contributed by atoms with E-state index in [1.165, 1.54) is 17.4 Å². The van der Waals surface area contributed by atoms with E-state index in [0.717, 1.165) is 52.1 Å². The Balaban J connectivity index is 1.35. The summed E-state index contributed by atoms with van der Waals surface area (Å²) in [5, 5.41) is 10.9. The van der Waals surface area contributed by atoms with Crippen molar-refractivity contribution in [3.63, 3.8) is 0 Å². The van der Waals surface area contributed by atoms with Crippen molar-refractivity contribution in [2.24, 2.45) is 5.92 Å². The lowest BCUT2D eigenvalue weighted by atomic mass is 9.98. The van der Waals surface area contributed by atoms with E-state index in [1.807, 2.05) is 31.3 Å². The van der Waals surface area contributed by atoms with Crippen LogP contribution in [0.5, 0.6) is 5.75 Å². The molecule has 0 spiro atoms. The molecule has 1 aliphatic rings. The van der Waals surface area contributed by atoms with Crippen LogP contribution in [0.2, 0.25) is 0 Å². The number of thiophene rings is 1. The zero-order valence-electron chi connectivity index (χ0n) is 23.4. The van der Waals surface area contributed by atoms with Crippen LogP contribution < -0.4 is 9.64 Å². The Labute approximate surface area is 243 Å². The number of aldehydes is 1. The molecule has 1 atom stereocenters. The van der Waals surface area contributed by atoms with Crippen molar-refractivity contribution >= 4 is 38.8 Å². The van der Waals surface area contributed by atoms with E-state index in [0.29, 0.717) is 35.2 Å². The van der Waals surface area contributed by atoms with Gasteiger partial charge in [0.05, 0.1) is 41.7 Å². The number of allylic oxidation sites excluding steroid dienone is 1. The Morgan fingerprint density at radius 3 is 2.71 bits per heavy atom. The van der Waals surface area contributed by atoms with Crippen LogP contribution in [-0.4, -0.2) is 54.9 Å². The third-order valence-electron chi connectivity index (χ3n) is 7.71. The number of hydrogen-bond acceptors (Lipinski definition) is 8. The van der Waals surface area contributed by atoms with Crippen molar-refractivity contribution in [2.45, 2.75) is 25.8 Å². The molecule has 41 heavy (non-hydrogen) atoms. The van der Waals surface area contributed by atoms with E-state index < -0.39 is 5.83 Å². The highest BCUT2D eigenvalue weighted by atomic mass is 32.1. The molecule has 0 aliphatic carbocycles. The maximum Gasteiger partial charge on any atom is 0.178 e. The van der Waals surface area contributed by atoms with Gasteiger partial charge in [0.25, 0.3) is 0 Å². The average Bonchev–Trinajstić information content (AvgIpc) is 3.37. The fraction of sp³-hybridized carbons (Fsp3) is 0.312. The molecule has 0 bridgehead atoms. The number of benzene rings is 2. The predicted octanol–water partition coefficient (Wildman–Crippen LogP) is 6.66. The molecule has 0 amide bonds. The van der Waals surface area contributed by atoms with Gasteiger partial charge in [-0.1, -0.05) is 18.2 Å². The van der Waals surface area contributed by atoms with Crippen LogP contribution in [-0.2, 0) is 4.79 Å². The maximum atomic E-state index is 14.2. The molecule has 0 saturated carbocycles. The third kappa shape index (κ3) is 6.45. The summed E-state index contributed by atoms with van der Waals surface area (Å²) in [6.07, 6.45) is 7.17. The smallest absolute Gasteiger partial charge is 0.178 e.